The minimum absolute atomic E-state index is 0.115. The number of hydrogen-bond donors (Lipinski definition) is 4. The molecule has 0 radical (unpaired) electrons. The van der Waals surface area contributed by atoms with Crippen molar-refractivity contribution in [3.8, 4) is 34.5 Å². The van der Waals surface area contributed by atoms with Gasteiger partial charge >= 0.3 is 0 Å². The van der Waals surface area contributed by atoms with Crippen LogP contribution in [-0.4, -0.2) is 51.8 Å². The summed E-state index contributed by atoms with van der Waals surface area (Å²) >= 11 is 0. The van der Waals surface area contributed by atoms with Crippen molar-refractivity contribution in [3.05, 3.63) is 35.4 Å². The number of carbonyl (C=O) groups excluding carboxylic acids is 1. The molecule has 0 spiro atoms. The van der Waals surface area contributed by atoms with Gasteiger partial charge in [-0.15, -0.1) is 0 Å². The molecule has 2 aromatic rings. The lowest BCUT2D eigenvalue weighted by Crippen LogP contribution is -2.34. The molecule has 0 aromatic heterocycles. The molecule has 1 aliphatic heterocycles. The highest BCUT2D eigenvalue weighted by molar-refractivity contribution is 6.04. The van der Waals surface area contributed by atoms with Crippen LogP contribution in [0.15, 0.2) is 24.3 Å². The second kappa shape index (κ2) is 10.2. The maximum atomic E-state index is 13.5. The Morgan fingerprint density at radius 1 is 1.09 bits per heavy atom. The molecule has 33 heavy (non-hydrogen) atoms. The predicted molar refractivity (Wildman–Crippen MR) is 121 cm³/mol. The fraction of sp³-hybridized carbons (Fsp3) is 0.391. The molecule has 1 aliphatic rings. The van der Waals surface area contributed by atoms with E-state index in [0.29, 0.717) is 47.9 Å². The zero-order valence-electron chi connectivity index (χ0n) is 19.1. The van der Waals surface area contributed by atoms with E-state index in [4.69, 9.17) is 34.8 Å². The number of ether oxygens (including phenoxy) is 5. The first kappa shape index (κ1) is 23.8. The molecule has 0 saturated heterocycles. The third-order valence-electron chi connectivity index (χ3n) is 5.52. The maximum absolute atomic E-state index is 13.5. The molecule has 178 valence electrons. The number of benzene rings is 2. The van der Waals surface area contributed by atoms with Crippen molar-refractivity contribution >= 4 is 11.7 Å². The van der Waals surface area contributed by atoms with Crippen LogP contribution < -0.4 is 34.7 Å². The molecule has 5 N–H and O–H groups in total. The summed E-state index contributed by atoms with van der Waals surface area (Å²) in [6.45, 7) is 0.419. The molecule has 1 heterocycles. The molecule has 0 saturated carbocycles. The van der Waals surface area contributed by atoms with Crippen molar-refractivity contribution in [3.63, 3.8) is 0 Å². The number of Topliss-reactive ketones (excluding diaryl/α,β-unsaturated/α-hetero) is 1. The van der Waals surface area contributed by atoms with Gasteiger partial charge in [0.2, 0.25) is 5.75 Å². The van der Waals surface area contributed by atoms with Gasteiger partial charge in [0.25, 0.3) is 0 Å². The Bertz CT molecular complexity index is 1020. The van der Waals surface area contributed by atoms with Crippen molar-refractivity contribution in [2.24, 2.45) is 11.7 Å². The van der Waals surface area contributed by atoms with Crippen molar-refractivity contribution in [1.82, 2.24) is 5.32 Å². The van der Waals surface area contributed by atoms with E-state index in [-0.39, 0.29) is 28.8 Å². The summed E-state index contributed by atoms with van der Waals surface area (Å²) in [4.78, 5) is 13.5. The zero-order valence-corrected chi connectivity index (χ0v) is 19.1. The monoisotopic (exact) mass is 459 g/mol. The van der Waals surface area contributed by atoms with Gasteiger partial charge in [-0.2, -0.15) is 0 Å². The van der Waals surface area contributed by atoms with E-state index in [0.717, 1.165) is 0 Å². The lowest BCUT2D eigenvalue weighted by atomic mass is 9.82. The summed E-state index contributed by atoms with van der Waals surface area (Å²) < 4.78 is 27.8. The van der Waals surface area contributed by atoms with Gasteiger partial charge in [0, 0.05) is 24.2 Å². The van der Waals surface area contributed by atoms with Crippen LogP contribution in [0.25, 0.3) is 0 Å². The van der Waals surface area contributed by atoms with Crippen LogP contribution >= 0.6 is 0 Å². The van der Waals surface area contributed by atoms with Crippen LogP contribution in [0.4, 0.5) is 0 Å². The smallest absolute Gasteiger partial charge is 0.203 e. The lowest BCUT2D eigenvalue weighted by molar-refractivity contribution is 0.0625. The van der Waals surface area contributed by atoms with Gasteiger partial charge in [0.15, 0.2) is 23.2 Å². The molecule has 0 fully saturated rings. The van der Waals surface area contributed by atoms with Crippen LogP contribution in [0.2, 0.25) is 0 Å². The van der Waals surface area contributed by atoms with E-state index >= 15 is 0 Å². The third-order valence-corrected chi connectivity index (χ3v) is 5.52. The van der Waals surface area contributed by atoms with Crippen molar-refractivity contribution in [2.75, 3.05) is 35.0 Å². The van der Waals surface area contributed by atoms with E-state index in [9.17, 15) is 9.90 Å². The first-order chi connectivity index (χ1) is 15.8. The third kappa shape index (κ3) is 4.84. The Balaban J connectivity index is 2.07. The highest BCUT2D eigenvalue weighted by Crippen LogP contribution is 2.48. The van der Waals surface area contributed by atoms with Crippen LogP contribution in [-0.2, 0) is 0 Å². The van der Waals surface area contributed by atoms with Gasteiger partial charge in [-0.05, 0) is 25.0 Å². The number of nitrogens with two attached hydrogens (primary N) is 1. The van der Waals surface area contributed by atoms with Gasteiger partial charge in [-0.1, -0.05) is 0 Å². The second-order valence-corrected chi connectivity index (χ2v) is 7.47. The molecule has 0 aliphatic carbocycles. The number of ketones is 1. The fourth-order valence-electron chi connectivity index (χ4n) is 3.97. The van der Waals surface area contributed by atoms with Crippen molar-refractivity contribution < 1.29 is 33.6 Å². The molecular formula is C23H29N3O7. The number of phenols is 1. The zero-order chi connectivity index (χ0) is 24.1. The van der Waals surface area contributed by atoms with Crippen molar-refractivity contribution in [2.45, 2.75) is 18.9 Å². The number of carbonyl (C=O) groups is 1. The first-order valence-electron chi connectivity index (χ1n) is 10.3. The average Bonchev–Trinajstić information content (AvgIpc) is 2.80. The largest absolute Gasteiger partial charge is 0.507 e. The molecule has 0 amide bonds. The first-order valence-corrected chi connectivity index (χ1v) is 10.3. The SMILES string of the molecule is COc1cc(O)c2c(c1)OC(c1cc(OC)c(OC)c(OC)c1)C(CCCNC(=N)N)C2=O. The molecule has 0 bridgehead atoms. The normalized spacial score (nSPS) is 16.9. The van der Waals surface area contributed by atoms with E-state index in [1.165, 1.54) is 34.5 Å². The van der Waals surface area contributed by atoms with E-state index in [1.54, 1.807) is 18.2 Å². The van der Waals surface area contributed by atoms with Gasteiger partial charge in [0.05, 0.1) is 34.4 Å². The summed E-state index contributed by atoms with van der Waals surface area (Å²) in [6.07, 6.45) is 0.278. The standard InChI is InChI=1S/C23H29N3O7/c1-29-13-10-15(27)19-16(11-13)33-21(14(20(19)28)6-5-7-26-23(24)25)12-8-17(30-2)22(32-4)18(9-12)31-3/h8-11,14,21,27H,5-7H2,1-4H3,(H4,24,25,26). The summed E-state index contributed by atoms with van der Waals surface area (Å²) in [5, 5.41) is 20.5. The van der Waals surface area contributed by atoms with Gasteiger partial charge in [-0.25, -0.2) is 0 Å². The molecular weight excluding hydrogens is 430 g/mol. The van der Waals surface area contributed by atoms with E-state index in [2.05, 4.69) is 5.32 Å². The van der Waals surface area contributed by atoms with Crippen LogP contribution in [0.5, 0.6) is 34.5 Å². The maximum Gasteiger partial charge on any atom is 0.203 e. The molecule has 2 unspecified atom stereocenters. The number of phenolic OH excluding ortho intramolecular Hbond substituents is 1. The molecule has 10 heteroatoms. The quantitative estimate of drug-likeness (QED) is 0.252. The minimum Gasteiger partial charge on any atom is -0.507 e. The molecule has 2 atom stereocenters. The predicted octanol–water partition coefficient (Wildman–Crippen LogP) is 2.62. The Hall–Kier alpha value is -3.82. The lowest BCUT2D eigenvalue weighted by Gasteiger charge is -2.34. The average molecular weight is 459 g/mol. The summed E-state index contributed by atoms with van der Waals surface area (Å²) in [6, 6.07) is 6.44. The highest BCUT2D eigenvalue weighted by Gasteiger charge is 2.40. The highest BCUT2D eigenvalue weighted by atomic mass is 16.5. The Kier molecular flexibility index (Phi) is 7.37. The van der Waals surface area contributed by atoms with E-state index < -0.39 is 12.0 Å². The number of guanidine groups is 1. The fourth-order valence-corrected chi connectivity index (χ4v) is 3.97. The Morgan fingerprint density at radius 2 is 1.76 bits per heavy atom. The number of aromatic hydroxyl groups is 1. The van der Waals surface area contributed by atoms with Crippen molar-refractivity contribution in [1.29, 1.82) is 5.41 Å². The minimum atomic E-state index is -0.692. The van der Waals surface area contributed by atoms with Crippen LogP contribution in [0.1, 0.15) is 34.9 Å². The molecule has 3 rings (SSSR count). The van der Waals surface area contributed by atoms with Crippen LogP contribution in [0.3, 0.4) is 0 Å². The number of rotatable bonds is 9. The molecule has 10 nitrogen and oxygen atoms in total. The molecule has 2 aromatic carbocycles. The van der Waals surface area contributed by atoms with Gasteiger partial charge in [0.1, 0.15) is 28.9 Å². The van der Waals surface area contributed by atoms with Crippen LogP contribution in [0, 0.1) is 11.3 Å². The second-order valence-electron chi connectivity index (χ2n) is 7.47. The van der Waals surface area contributed by atoms with Gasteiger partial charge < -0.3 is 39.8 Å². The summed E-state index contributed by atoms with van der Waals surface area (Å²) in [5.74, 6) is 0.667. The number of hydrogen-bond acceptors (Lipinski definition) is 8. The van der Waals surface area contributed by atoms with Gasteiger partial charge in [-0.3, -0.25) is 10.2 Å². The topological polar surface area (TPSA) is 145 Å². The summed E-state index contributed by atoms with van der Waals surface area (Å²) in [7, 11) is 6.00. The number of methoxy groups -OCH3 is 4. The number of nitrogens with one attached hydrogen (secondary N) is 2. The summed E-state index contributed by atoms with van der Waals surface area (Å²) in [5.41, 5.74) is 6.12. The van der Waals surface area contributed by atoms with E-state index in [1.807, 2.05) is 0 Å². The number of fused-ring (bicyclic) bond motifs is 1. The Labute approximate surface area is 192 Å². The Morgan fingerprint density at radius 3 is 2.30 bits per heavy atom.